The number of carbonyl (C=O) groups is 1. The summed E-state index contributed by atoms with van der Waals surface area (Å²) in [7, 11) is 1.78. The highest BCUT2D eigenvalue weighted by Crippen LogP contribution is 2.23. The van der Waals surface area contributed by atoms with E-state index in [0.717, 1.165) is 22.1 Å². The lowest BCUT2D eigenvalue weighted by atomic mass is 10.2. The Morgan fingerprint density at radius 1 is 1.29 bits per heavy atom. The van der Waals surface area contributed by atoms with Gasteiger partial charge in [-0.3, -0.25) is 9.89 Å². The molecule has 0 aliphatic carbocycles. The summed E-state index contributed by atoms with van der Waals surface area (Å²) < 4.78 is 4.20. The lowest BCUT2D eigenvalue weighted by molar-refractivity contribution is 0.0954. The predicted octanol–water partition coefficient (Wildman–Crippen LogP) is 2.25. The number of hydrogen-bond acceptors (Lipinski definition) is 6. The summed E-state index contributed by atoms with van der Waals surface area (Å²) in [6, 6.07) is 9.76. The highest BCUT2D eigenvalue weighted by Gasteiger charge is 2.17. The summed E-state index contributed by atoms with van der Waals surface area (Å²) in [4.78, 5) is 16.7. The number of aromatic amines is 1. The van der Waals surface area contributed by atoms with E-state index in [1.165, 1.54) is 11.5 Å². The minimum Gasteiger partial charge on any atom is -0.378 e. The zero-order chi connectivity index (χ0) is 16.9. The van der Waals surface area contributed by atoms with Crippen LogP contribution in [0.2, 0.25) is 0 Å². The largest absolute Gasteiger partial charge is 0.378 e. The molecule has 0 bridgehead atoms. The maximum Gasteiger partial charge on any atom is 0.256 e. The second kappa shape index (κ2) is 7.22. The van der Waals surface area contributed by atoms with E-state index < -0.39 is 0 Å². The molecular weight excluding hydrogens is 324 g/mol. The van der Waals surface area contributed by atoms with E-state index in [1.807, 2.05) is 37.3 Å². The zero-order valence-electron chi connectivity index (χ0n) is 13.5. The van der Waals surface area contributed by atoms with Crippen molar-refractivity contribution in [2.45, 2.75) is 13.3 Å². The predicted molar refractivity (Wildman–Crippen MR) is 94.3 cm³/mol. The number of rotatable bonds is 6. The van der Waals surface area contributed by atoms with Crippen LogP contribution in [0.1, 0.15) is 21.9 Å². The van der Waals surface area contributed by atoms with Gasteiger partial charge in [0.2, 0.25) is 0 Å². The number of nitrogens with zero attached hydrogens (tertiary/aromatic N) is 3. The smallest absolute Gasteiger partial charge is 0.256 e. The summed E-state index contributed by atoms with van der Waals surface area (Å²) in [6.07, 6.45) is 0.580. The van der Waals surface area contributed by atoms with Crippen molar-refractivity contribution >= 4 is 22.4 Å². The Morgan fingerprint density at radius 3 is 2.83 bits per heavy atom. The number of carbonyl (C=O) groups excluding carboxylic acids is 1. The lowest BCUT2D eigenvalue weighted by Gasteiger charge is -2.05. The first-order valence-corrected chi connectivity index (χ1v) is 8.35. The maximum atomic E-state index is 12.3. The van der Waals surface area contributed by atoms with Gasteiger partial charge in [0.1, 0.15) is 10.8 Å². The van der Waals surface area contributed by atoms with Crippen molar-refractivity contribution in [2.75, 3.05) is 18.9 Å². The van der Waals surface area contributed by atoms with Crippen LogP contribution in [0.5, 0.6) is 0 Å². The van der Waals surface area contributed by atoms with E-state index >= 15 is 0 Å². The first-order chi connectivity index (χ1) is 11.7. The fourth-order valence-corrected chi connectivity index (χ4v) is 3.06. The molecule has 0 spiro atoms. The molecule has 0 aliphatic rings. The third-order valence-electron chi connectivity index (χ3n) is 3.53. The summed E-state index contributed by atoms with van der Waals surface area (Å²) in [5.41, 5.74) is 2.29. The van der Waals surface area contributed by atoms with Gasteiger partial charge in [0, 0.05) is 25.6 Å². The number of benzene rings is 1. The molecule has 2 heterocycles. The molecule has 2 aromatic heterocycles. The Bertz CT molecular complexity index is 826. The molecule has 124 valence electrons. The lowest BCUT2D eigenvalue weighted by Crippen LogP contribution is -2.26. The number of aromatic nitrogens is 4. The molecule has 0 atom stereocenters. The van der Waals surface area contributed by atoms with Crippen molar-refractivity contribution in [1.29, 1.82) is 0 Å². The highest BCUT2D eigenvalue weighted by atomic mass is 32.1. The molecule has 3 aromatic rings. The maximum absolute atomic E-state index is 12.3. The fraction of sp³-hybridized carbons (Fsp3) is 0.250. The summed E-state index contributed by atoms with van der Waals surface area (Å²) >= 11 is 1.28. The molecule has 24 heavy (non-hydrogen) atoms. The SMILES string of the molecule is CNc1snc(C)c1C(=O)NCCc1nc(-c2ccccc2)n[nH]1. The number of aryl methyl sites for hydroxylation is 1. The van der Waals surface area contributed by atoms with Gasteiger partial charge in [-0.2, -0.15) is 9.47 Å². The minimum atomic E-state index is -0.131. The average Bonchev–Trinajstić information content (AvgIpc) is 3.22. The first-order valence-electron chi connectivity index (χ1n) is 7.58. The van der Waals surface area contributed by atoms with Crippen LogP contribution in [0.25, 0.3) is 11.4 Å². The molecule has 0 unspecified atom stereocenters. The van der Waals surface area contributed by atoms with Crippen LogP contribution in [0.4, 0.5) is 5.00 Å². The van der Waals surface area contributed by atoms with Gasteiger partial charge >= 0.3 is 0 Å². The normalized spacial score (nSPS) is 10.6. The van der Waals surface area contributed by atoms with Gasteiger partial charge in [0.05, 0.1) is 11.3 Å². The van der Waals surface area contributed by atoms with E-state index in [2.05, 4.69) is 30.2 Å². The van der Waals surface area contributed by atoms with E-state index in [-0.39, 0.29) is 5.91 Å². The standard InChI is InChI=1S/C16H18N6OS/c1-10-13(16(17-2)24-22-10)15(23)18-9-8-12-19-14(21-20-12)11-6-4-3-5-7-11/h3-7,17H,8-9H2,1-2H3,(H,18,23)(H,19,20,21). The number of nitrogens with one attached hydrogen (secondary N) is 3. The molecule has 1 aromatic carbocycles. The van der Waals surface area contributed by atoms with Crippen molar-refractivity contribution in [2.24, 2.45) is 0 Å². The molecule has 3 rings (SSSR count). The molecule has 1 amide bonds. The molecule has 0 radical (unpaired) electrons. The van der Waals surface area contributed by atoms with Crippen molar-refractivity contribution in [3.63, 3.8) is 0 Å². The molecule has 0 aliphatic heterocycles. The molecular formula is C16H18N6OS. The van der Waals surface area contributed by atoms with E-state index in [1.54, 1.807) is 7.05 Å². The van der Waals surface area contributed by atoms with Crippen molar-refractivity contribution in [3.8, 4) is 11.4 Å². The number of hydrogen-bond donors (Lipinski definition) is 3. The molecule has 0 fully saturated rings. The van der Waals surface area contributed by atoms with Crippen molar-refractivity contribution in [3.05, 3.63) is 47.4 Å². The van der Waals surface area contributed by atoms with Crippen LogP contribution in [-0.4, -0.2) is 39.1 Å². The van der Waals surface area contributed by atoms with Gasteiger partial charge in [0.15, 0.2) is 5.82 Å². The minimum absolute atomic E-state index is 0.131. The van der Waals surface area contributed by atoms with E-state index in [4.69, 9.17) is 0 Å². The van der Waals surface area contributed by atoms with E-state index in [9.17, 15) is 4.79 Å². The van der Waals surface area contributed by atoms with Crippen LogP contribution in [0.3, 0.4) is 0 Å². The molecule has 3 N–H and O–H groups in total. The molecule has 8 heteroatoms. The van der Waals surface area contributed by atoms with Crippen molar-refractivity contribution < 1.29 is 4.79 Å². The van der Waals surface area contributed by atoms with E-state index in [0.29, 0.717) is 24.4 Å². The van der Waals surface area contributed by atoms with Crippen LogP contribution < -0.4 is 10.6 Å². The number of anilines is 1. The molecule has 0 saturated heterocycles. The fourth-order valence-electron chi connectivity index (χ4n) is 2.31. The Hall–Kier alpha value is -2.74. The van der Waals surface area contributed by atoms with Gasteiger partial charge in [-0.05, 0) is 18.5 Å². The monoisotopic (exact) mass is 342 g/mol. The van der Waals surface area contributed by atoms with Crippen molar-refractivity contribution in [1.82, 2.24) is 24.9 Å². The number of amides is 1. The zero-order valence-corrected chi connectivity index (χ0v) is 14.3. The molecule has 0 saturated carbocycles. The van der Waals surface area contributed by atoms with Gasteiger partial charge in [-0.1, -0.05) is 30.3 Å². The second-order valence-electron chi connectivity index (χ2n) is 5.20. The first kappa shape index (κ1) is 16.1. The third-order valence-corrected chi connectivity index (χ3v) is 4.48. The highest BCUT2D eigenvalue weighted by molar-refractivity contribution is 7.10. The van der Waals surface area contributed by atoms with Crippen LogP contribution in [0.15, 0.2) is 30.3 Å². The Labute approximate surface area is 143 Å². The average molecular weight is 342 g/mol. The Morgan fingerprint density at radius 2 is 2.08 bits per heavy atom. The second-order valence-corrected chi connectivity index (χ2v) is 5.97. The Kier molecular flexibility index (Phi) is 4.85. The summed E-state index contributed by atoms with van der Waals surface area (Å²) in [6.45, 7) is 2.30. The van der Waals surface area contributed by atoms with Gasteiger partial charge in [0.25, 0.3) is 5.91 Å². The van der Waals surface area contributed by atoms with Gasteiger partial charge in [-0.15, -0.1) is 0 Å². The number of H-pyrrole nitrogens is 1. The van der Waals surface area contributed by atoms with Gasteiger partial charge < -0.3 is 10.6 Å². The van der Waals surface area contributed by atoms with Crippen LogP contribution in [0, 0.1) is 6.92 Å². The van der Waals surface area contributed by atoms with Crippen LogP contribution in [-0.2, 0) is 6.42 Å². The topological polar surface area (TPSA) is 95.6 Å². The Balaban J connectivity index is 1.58. The van der Waals surface area contributed by atoms with Crippen LogP contribution >= 0.6 is 11.5 Å². The summed E-state index contributed by atoms with van der Waals surface area (Å²) in [5, 5.41) is 13.8. The summed E-state index contributed by atoms with van der Waals surface area (Å²) in [5.74, 6) is 1.27. The molecule has 7 nitrogen and oxygen atoms in total. The van der Waals surface area contributed by atoms with Gasteiger partial charge in [-0.25, -0.2) is 4.98 Å². The third kappa shape index (κ3) is 3.43. The quantitative estimate of drug-likeness (QED) is 0.638.